The fourth-order valence-electron chi connectivity index (χ4n) is 1.09. The fraction of sp³-hybridized carbons (Fsp3) is 0.667. The van der Waals surface area contributed by atoms with Gasteiger partial charge in [-0.1, -0.05) is 5.92 Å². The molecule has 1 aliphatic heterocycles. The molecule has 4 nitrogen and oxygen atoms in total. The second-order valence-corrected chi connectivity index (χ2v) is 2.85. The van der Waals surface area contributed by atoms with E-state index in [1.165, 1.54) is 0 Å². The van der Waals surface area contributed by atoms with Crippen molar-refractivity contribution in [1.29, 1.82) is 0 Å². The summed E-state index contributed by atoms with van der Waals surface area (Å²) < 4.78 is 9.87. The molecule has 72 valence electrons. The highest BCUT2D eigenvalue weighted by molar-refractivity contribution is 5.82. The molecular weight excluding hydrogens is 170 g/mol. The van der Waals surface area contributed by atoms with Crippen LogP contribution < -0.4 is 5.32 Å². The predicted molar refractivity (Wildman–Crippen MR) is 47.0 cm³/mol. The van der Waals surface area contributed by atoms with Gasteiger partial charge in [0.15, 0.2) is 5.54 Å². The van der Waals surface area contributed by atoms with Crippen molar-refractivity contribution in [2.75, 3.05) is 26.4 Å². The van der Waals surface area contributed by atoms with E-state index in [0.717, 1.165) is 0 Å². The highest BCUT2D eigenvalue weighted by atomic mass is 16.6. The van der Waals surface area contributed by atoms with E-state index in [4.69, 9.17) is 15.9 Å². The molecule has 1 rings (SSSR count). The Bertz CT molecular complexity index is 228. The van der Waals surface area contributed by atoms with Gasteiger partial charge in [0.2, 0.25) is 0 Å². The molecule has 1 fully saturated rings. The van der Waals surface area contributed by atoms with Crippen LogP contribution in [0.5, 0.6) is 0 Å². The number of hydrogen-bond acceptors (Lipinski definition) is 4. The standard InChI is InChI=1S/C9H13NO3/c1-3-5-10-9(6-12-7-9)8(11)13-4-2/h1,10H,4-7H2,2H3. The number of esters is 1. The Hall–Kier alpha value is -1.05. The third-order valence-corrected chi connectivity index (χ3v) is 1.89. The van der Waals surface area contributed by atoms with Gasteiger partial charge in [-0.25, -0.2) is 4.79 Å². The zero-order valence-electron chi connectivity index (χ0n) is 7.63. The monoisotopic (exact) mass is 183 g/mol. The van der Waals surface area contributed by atoms with Gasteiger partial charge in [0.1, 0.15) is 0 Å². The van der Waals surface area contributed by atoms with Crippen LogP contribution >= 0.6 is 0 Å². The Labute approximate surface area is 77.6 Å². The van der Waals surface area contributed by atoms with Gasteiger partial charge in [0.25, 0.3) is 0 Å². The molecule has 1 saturated heterocycles. The van der Waals surface area contributed by atoms with Gasteiger partial charge >= 0.3 is 5.97 Å². The smallest absolute Gasteiger partial charge is 0.331 e. The topological polar surface area (TPSA) is 47.6 Å². The fourth-order valence-corrected chi connectivity index (χ4v) is 1.09. The molecular formula is C9H13NO3. The normalized spacial score (nSPS) is 18.5. The first-order valence-corrected chi connectivity index (χ1v) is 4.18. The third kappa shape index (κ3) is 2.00. The van der Waals surface area contributed by atoms with Gasteiger partial charge in [-0.3, -0.25) is 5.32 Å². The summed E-state index contributed by atoms with van der Waals surface area (Å²) >= 11 is 0. The summed E-state index contributed by atoms with van der Waals surface area (Å²) in [5, 5.41) is 2.93. The SMILES string of the molecule is C#CCNC1(C(=O)OCC)COC1. The van der Waals surface area contributed by atoms with Crippen molar-refractivity contribution >= 4 is 5.97 Å². The number of ether oxygens (including phenoxy) is 2. The van der Waals surface area contributed by atoms with Gasteiger partial charge in [-0.15, -0.1) is 6.42 Å². The minimum Gasteiger partial charge on any atom is -0.464 e. The molecule has 1 heterocycles. The maximum Gasteiger partial charge on any atom is 0.331 e. The quantitative estimate of drug-likeness (QED) is 0.473. The minimum absolute atomic E-state index is 0.281. The highest BCUT2D eigenvalue weighted by Crippen LogP contribution is 2.18. The van der Waals surface area contributed by atoms with Crippen molar-refractivity contribution in [2.45, 2.75) is 12.5 Å². The lowest BCUT2D eigenvalue weighted by atomic mass is 9.98. The molecule has 0 aliphatic carbocycles. The number of carbonyl (C=O) groups is 1. The van der Waals surface area contributed by atoms with E-state index in [1.54, 1.807) is 6.92 Å². The molecule has 13 heavy (non-hydrogen) atoms. The van der Waals surface area contributed by atoms with Crippen molar-refractivity contribution in [3.63, 3.8) is 0 Å². The van der Waals surface area contributed by atoms with Crippen LogP contribution in [0.2, 0.25) is 0 Å². The van der Waals surface area contributed by atoms with E-state index in [-0.39, 0.29) is 5.97 Å². The Kier molecular flexibility index (Phi) is 3.29. The lowest BCUT2D eigenvalue weighted by molar-refractivity contribution is -0.171. The third-order valence-electron chi connectivity index (χ3n) is 1.89. The van der Waals surface area contributed by atoms with Gasteiger partial charge < -0.3 is 9.47 Å². The molecule has 0 unspecified atom stereocenters. The van der Waals surface area contributed by atoms with E-state index < -0.39 is 5.54 Å². The van der Waals surface area contributed by atoms with Crippen LogP contribution in [0.4, 0.5) is 0 Å². The molecule has 0 spiro atoms. The maximum absolute atomic E-state index is 11.4. The molecule has 1 aliphatic rings. The second kappa shape index (κ2) is 4.26. The van der Waals surface area contributed by atoms with E-state index in [2.05, 4.69) is 11.2 Å². The van der Waals surface area contributed by atoms with Crippen LogP contribution in [0.15, 0.2) is 0 Å². The van der Waals surface area contributed by atoms with Gasteiger partial charge in [0.05, 0.1) is 26.4 Å². The van der Waals surface area contributed by atoms with Crippen molar-refractivity contribution in [1.82, 2.24) is 5.32 Å². The van der Waals surface area contributed by atoms with Crippen LogP contribution in [-0.2, 0) is 14.3 Å². The molecule has 0 saturated carbocycles. The molecule has 0 bridgehead atoms. The van der Waals surface area contributed by atoms with Crippen LogP contribution in [0, 0.1) is 12.3 Å². The van der Waals surface area contributed by atoms with Crippen LogP contribution in [0.3, 0.4) is 0 Å². The van der Waals surface area contributed by atoms with E-state index in [1.807, 2.05) is 0 Å². The largest absolute Gasteiger partial charge is 0.464 e. The minimum atomic E-state index is -0.692. The molecule has 0 atom stereocenters. The van der Waals surface area contributed by atoms with E-state index in [9.17, 15) is 4.79 Å². The maximum atomic E-state index is 11.4. The number of nitrogens with one attached hydrogen (secondary N) is 1. The molecule has 4 heteroatoms. The lowest BCUT2D eigenvalue weighted by Crippen LogP contribution is -2.66. The summed E-state index contributed by atoms with van der Waals surface area (Å²) in [4.78, 5) is 11.4. The first kappa shape index (κ1) is 10.0. The highest BCUT2D eigenvalue weighted by Gasteiger charge is 2.46. The zero-order chi connectivity index (χ0) is 9.73. The Morgan fingerprint density at radius 1 is 1.77 bits per heavy atom. The van der Waals surface area contributed by atoms with Crippen LogP contribution in [0.1, 0.15) is 6.92 Å². The summed E-state index contributed by atoms with van der Waals surface area (Å²) in [6.07, 6.45) is 5.08. The lowest BCUT2D eigenvalue weighted by Gasteiger charge is -2.38. The predicted octanol–water partition coefficient (Wildman–Crippen LogP) is -0.459. The zero-order valence-corrected chi connectivity index (χ0v) is 7.63. The summed E-state index contributed by atoms with van der Waals surface area (Å²) in [5.74, 6) is 2.13. The van der Waals surface area contributed by atoms with Crippen molar-refractivity contribution < 1.29 is 14.3 Å². The summed E-state index contributed by atoms with van der Waals surface area (Å²) in [5.41, 5.74) is -0.692. The van der Waals surface area contributed by atoms with E-state index >= 15 is 0 Å². The van der Waals surface area contributed by atoms with Gasteiger partial charge in [-0.05, 0) is 6.92 Å². The second-order valence-electron chi connectivity index (χ2n) is 2.85. The van der Waals surface area contributed by atoms with Crippen LogP contribution in [-0.4, -0.2) is 37.9 Å². The van der Waals surface area contributed by atoms with Crippen LogP contribution in [0.25, 0.3) is 0 Å². The molecule has 0 aromatic carbocycles. The summed E-state index contributed by atoms with van der Waals surface area (Å²) in [7, 11) is 0. The number of hydrogen-bond donors (Lipinski definition) is 1. The van der Waals surface area contributed by atoms with Gasteiger partial charge in [0, 0.05) is 0 Å². The Morgan fingerprint density at radius 2 is 2.46 bits per heavy atom. The molecule has 0 radical (unpaired) electrons. The number of rotatable bonds is 4. The van der Waals surface area contributed by atoms with Crippen molar-refractivity contribution in [2.24, 2.45) is 0 Å². The first-order chi connectivity index (χ1) is 6.25. The van der Waals surface area contributed by atoms with Crippen molar-refractivity contribution in [3.05, 3.63) is 0 Å². The van der Waals surface area contributed by atoms with Gasteiger partial charge in [-0.2, -0.15) is 0 Å². The molecule has 1 N–H and O–H groups in total. The van der Waals surface area contributed by atoms with Crippen molar-refractivity contribution in [3.8, 4) is 12.3 Å². The average Bonchev–Trinajstić information content (AvgIpc) is 2.03. The number of terminal acetylenes is 1. The summed E-state index contributed by atoms with van der Waals surface area (Å²) in [6, 6.07) is 0. The Morgan fingerprint density at radius 3 is 2.85 bits per heavy atom. The number of carbonyl (C=O) groups excluding carboxylic acids is 1. The molecule has 0 aromatic rings. The van der Waals surface area contributed by atoms with E-state index in [0.29, 0.717) is 26.4 Å². The molecule has 0 amide bonds. The average molecular weight is 183 g/mol. The first-order valence-electron chi connectivity index (χ1n) is 4.18. The molecule has 0 aromatic heterocycles. The Balaban J connectivity index is 2.49. The summed E-state index contributed by atoms with van der Waals surface area (Å²) in [6.45, 7) is 3.17.